The standard InChI is InChI=1S/C16H28NP.C4H7.ClH.Pd/c1-15(2,3)18(16(4,5)6)14-11-9-13(10-12-14)17(7)8;1-3-4-2;;/h9-12H,1-8H3;3-4H,1H2,2H3;1H;/q;-1;;+2. The van der Waals surface area contributed by atoms with Gasteiger partial charge in [0.05, 0.1) is 15.6 Å². The Hall–Kier alpha value is 0.0123. The Kier molecular flexibility index (Phi) is 13.5. The van der Waals surface area contributed by atoms with Crippen LogP contribution in [0.4, 0.5) is 5.69 Å². The molecule has 0 aromatic heterocycles. The van der Waals surface area contributed by atoms with Gasteiger partial charge < -0.3 is 4.90 Å². The van der Waals surface area contributed by atoms with Crippen LogP contribution in [0.25, 0.3) is 0 Å². The van der Waals surface area contributed by atoms with Crippen molar-refractivity contribution in [3.8, 4) is 0 Å². The van der Waals surface area contributed by atoms with Gasteiger partial charge in [0.1, 0.15) is 0 Å². The molecule has 24 heavy (non-hydrogen) atoms. The maximum absolute atomic E-state index is 4.49. The Morgan fingerprint density at radius 2 is 1.33 bits per heavy atom. The second-order valence-electron chi connectivity index (χ2n) is 7.89. The van der Waals surface area contributed by atoms with Crippen molar-refractivity contribution in [2.45, 2.75) is 58.8 Å². The van der Waals surface area contributed by atoms with Gasteiger partial charge in [-0.05, 0) is 65.8 Å². The first-order chi connectivity index (χ1) is 10.9. The number of nitrogens with zero attached hydrogens (tertiary/aromatic N) is 1. The molecular formula is C20H36ClNPPd+. The zero-order valence-corrected chi connectivity index (χ0v) is 20.1. The van der Waals surface area contributed by atoms with E-state index < -0.39 is 7.92 Å². The van der Waals surface area contributed by atoms with Crippen molar-refractivity contribution < 1.29 is 18.2 Å². The molecule has 0 unspecified atom stereocenters. The third kappa shape index (κ3) is 10.1. The molecule has 0 bridgehead atoms. The van der Waals surface area contributed by atoms with E-state index >= 15 is 0 Å². The molecule has 0 amide bonds. The van der Waals surface area contributed by atoms with E-state index in [4.69, 9.17) is 0 Å². The van der Waals surface area contributed by atoms with Crippen molar-refractivity contribution in [1.82, 2.24) is 0 Å². The van der Waals surface area contributed by atoms with E-state index in [1.807, 2.05) is 13.3 Å². The van der Waals surface area contributed by atoms with E-state index in [0.717, 1.165) is 0 Å². The quantitative estimate of drug-likeness (QED) is 0.290. The molecule has 0 spiro atoms. The normalized spacial score (nSPS) is 10.9. The van der Waals surface area contributed by atoms with Crippen LogP contribution in [0.15, 0.2) is 36.9 Å². The summed E-state index contributed by atoms with van der Waals surface area (Å²) in [6, 6.07) is 9.16. The molecule has 0 fully saturated rings. The fourth-order valence-electron chi connectivity index (χ4n) is 2.92. The van der Waals surface area contributed by atoms with Gasteiger partial charge in [-0.15, -0.1) is 6.92 Å². The van der Waals surface area contributed by atoms with Crippen LogP contribution in [0.2, 0.25) is 0 Å². The summed E-state index contributed by atoms with van der Waals surface area (Å²) < 4.78 is 0. The van der Waals surface area contributed by atoms with E-state index in [1.165, 1.54) is 5.69 Å². The predicted molar refractivity (Wildman–Crippen MR) is 114 cm³/mol. The average Bonchev–Trinajstić information content (AvgIpc) is 2.47. The monoisotopic (exact) mass is 462 g/mol. The van der Waals surface area contributed by atoms with Crippen molar-refractivity contribution in [3.05, 3.63) is 43.3 Å². The molecule has 0 atom stereocenters. The number of hydrogen-bond donors (Lipinski definition) is 0. The first kappa shape index (κ1) is 26.2. The molecule has 0 aliphatic carbocycles. The van der Waals surface area contributed by atoms with E-state index in [0.29, 0.717) is 10.3 Å². The van der Waals surface area contributed by atoms with Crippen LogP contribution in [-0.4, -0.2) is 24.4 Å². The molecular weight excluding hydrogens is 427 g/mol. The molecule has 1 nitrogen and oxygen atoms in total. The van der Waals surface area contributed by atoms with Gasteiger partial charge >= 0.3 is 27.7 Å². The van der Waals surface area contributed by atoms with Crippen molar-refractivity contribution >= 4 is 28.4 Å². The SMILES string of the molecule is C=C[CH-]C.CN(C)c1ccc([PH+](C(C)(C)C)C(C)(C)C)cc1.[Cl][Pd+]. The molecule has 1 rings (SSSR count). The number of hydrogen-bond acceptors (Lipinski definition) is 1. The number of halogens is 1. The average molecular weight is 463 g/mol. The Morgan fingerprint density at radius 3 is 1.54 bits per heavy atom. The summed E-state index contributed by atoms with van der Waals surface area (Å²) in [4.78, 5) is 2.16. The third-order valence-electron chi connectivity index (χ3n) is 3.41. The summed E-state index contributed by atoms with van der Waals surface area (Å²) in [7, 11) is 8.06. The van der Waals surface area contributed by atoms with Crippen molar-refractivity contribution in [2.24, 2.45) is 0 Å². The Morgan fingerprint density at radius 1 is 1.00 bits per heavy atom. The Bertz CT molecular complexity index is 430. The second-order valence-corrected chi connectivity index (χ2v) is 12.2. The maximum atomic E-state index is 4.49. The fourth-order valence-corrected chi connectivity index (χ4v) is 7.40. The number of anilines is 1. The Labute approximate surface area is 167 Å². The van der Waals surface area contributed by atoms with Gasteiger partial charge in [-0.1, -0.05) is 0 Å². The van der Waals surface area contributed by atoms with Crippen LogP contribution >= 0.6 is 17.5 Å². The minimum atomic E-state index is -0.614. The molecule has 0 aliphatic heterocycles. The van der Waals surface area contributed by atoms with Gasteiger partial charge in [0, 0.05) is 27.7 Å². The van der Waals surface area contributed by atoms with Crippen molar-refractivity contribution in [2.75, 3.05) is 19.0 Å². The predicted octanol–water partition coefficient (Wildman–Crippen LogP) is 6.27. The molecule has 0 saturated carbocycles. The second kappa shape index (κ2) is 12.4. The van der Waals surface area contributed by atoms with E-state index in [2.05, 4.69) is 119 Å². The molecule has 4 heteroatoms. The van der Waals surface area contributed by atoms with E-state index in [-0.39, 0.29) is 0 Å². The zero-order valence-electron chi connectivity index (χ0n) is 16.8. The van der Waals surface area contributed by atoms with Gasteiger partial charge in [0.25, 0.3) is 0 Å². The molecule has 0 aliphatic rings. The molecule has 1 aromatic carbocycles. The van der Waals surface area contributed by atoms with Gasteiger partial charge in [-0.3, -0.25) is 0 Å². The summed E-state index contributed by atoms with van der Waals surface area (Å²) in [5.74, 6) is 0. The molecule has 0 radical (unpaired) electrons. The van der Waals surface area contributed by atoms with E-state index in [1.54, 1.807) is 11.4 Å². The number of rotatable bonds is 3. The van der Waals surface area contributed by atoms with Crippen LogP contribution in [-0.2, 0) is 18.2 Å². The van der Waals surface area contributed by atoms with Crippen LogP contribution in [0.5, 0.6) is 0 Å². The summed E-state index contributed by atoms with van der Waals surface area (Å²) in [5, 5.41) is 2.30. The first-order valence-corrected chi connectivity index (χ1v) is 11.6. The number of allylic oxidation sites excluding steroid dienone is 1. The Balaban J connectivity index is 0. The zero-order chi connectivity index (χ0) is 19.6. The molecule has 0 heterocycles. The van der Waals surface area contributed by atoms with Gasteiger partial charge in [-0.2, -0.15) is 0 Å². The molecule has 0 N–H and O–H groups in total. The summed E-state index contributed by atoms with van der Waals surface area (Å²) >= 11 is 2.22. The summed E-state index contributed by atoms with van der Waals surface area (Å²) in [5.41, 5.74) is 1.28. The molecule has 1 aromatic rings. The topological polar surface area (TPSA) is 3.24 Å². The third-order valence-corrected chi connectivity index (χ3v) is 7.32. The van der Waals surface area contributed by atoms with Crippen LogP contribution in [0, 0.1) is 6.42 Å². The van der Waals surface area contributed by atoms with Crippen LogP contribution in [0.1, 0.15) is 48.5 Å². The van der Waals surface area contributed by atoms with Gasteiger partial charge in [0.2, 0.25) is 0 Å². The van der Waals surface area contributed by atoms with Crippen LogP contribution < -0.4 is 10.2 Å². The molecule has 142 valence electrons. The summed E-state index contributed by atoms with van der Waals surface area (Å²) in [6.07, 6.45) is 3.64. The summed E-state index contributed by atoms with van der Waals surface area (Å²) in [6.45, 7) is 19.6. The van der Waals surface area contributed by atoms with Gasteiger partial charge in [0.15, 0.2) is 0 Å². The van der Waals surface area contributed by atoms with Gasteiger partial charge in [-0.25, -0.2) is 19.1 Å². The first-order valence-electron chi connectivity index (χ1n) is 8.13. The van der Waals surface area contributed by atoms with Crippen molar-refractivity contribution in [1.29, 1.82) is 0 Å². The minimum absolute atomic E-state index is 0.378. The number of benzene rings is 1. The van der Waals surface area contributed by atoms with E-state index in [9.17, 15) is 0 Å². The molecule has 0 saturated heterocycles. The van der Waals surface area contributed by atoms with Crippen LogP contribution in [0.3, 0.4) is 0 Å². The fraction of sp³-hybridized carbons (Fsp3) is 0.550. The van der Waals surface area contributed by atoms with Crippen molar-refractivity contribution in [3.63, 3.8) is 0 Å².